The Morgan fingerprint density at radius 3 is 2.42 bits per heavy atom. The Morgan fingerprint density at radius 2 is 1.89 bits per heavy atom. The van der Waals surface area contributed by atoms with Gasteiger partial charge in [0.1, 0.15) is 0 Å². The summed E-state index contributed by atoms with van der Waals surface area (Å²) in [6.45, 7) is 0.223. The third-order valence-corrected chi connectivity index (χ3v) is 3.39. The van der Waals surface area contributed by atoms with E-state index in [9.17, 15) is 9.59 Å². The van der Waals surface area contributed by atoms with Crippen molar-refractivity contribution < 1.29 is 14.7 Å². The number of benzene rings is 1. The Bertz CT molecular complexity index is 462. The van der Waals surface area contributed by atoms with Crippen LogP contribution in [0.2, 0.25) is 0 Å². The molecule has 0 radical (unpaired) electrons. The lowest BCUT2D eigenvalue weighted by molar-refractivity contribution is -0.137. The van der Waals surface area contributed by atoms with Gasteiger partial charge in [-0.1, -0.05) is 24.3 Å². The molecule has 0 saturated heterocycles. The van der Waals surface area contributed by atoms with E-state index in [1.165, 1.54) is 16.0 Å². The van der Waals surface area contributed by atoms with E-state index in [-0.39, 0.29) is 25.0 Å². The maximum atomic E-state index is 11.9. The van der Waals surface area contributed by atoms with Crippen LogP contribution in [-0.2, 0) is 17.6 Å². The number of aliphatic carboxylic acids is 1. The number of hydrogen-bond donors (Lipinski definition) is 2. The second-order valence-corrected chi connectivity index (χ2v) is 4.89. The predicted molar refractivity (Wildman–Crippen MR) is 71.1 cm³/mol. The summed E-state index contributed by atoms with van der Waals surface area (Å²) in [5, 5.41) is 11.5. The lowest BCUT2D eigenvalue weighted by atomic mass is 10.1. The molecule has 0 atom stereocenters. The molecule has 19 heavy (non-hydrogen) atoms. The van der Waals surface area contributed by atoms with Crippen molar-refractivity contribution in [3.8, 4) is 0 Å². The number of carbonyl (C=O) groups excluding carboxylic acids is 1. The van der Waals surface area contributed by atoms with Crippen LogP contribution < -0.4 is 5.32 Å². The standard InChI is InChI=1S/C14H18N2O3/c1-16(7-6-13(17)18)14(19)15-12-8-10-4-2-3-5-11(10)9-12/h2-5,12H,6-9H2,1H3,(H,15,19)(H,17,18). The highest BCUT2D eigenvalue weighted by molar-refractivity contribution is 5.75. The number of carboxylic acids is 1. The summed E-state index contributed by atoms with van der Waals surface area (Å²) in [5.41, 5.74) is 2.56. The van der Waals surface area contributed by atoms with Crippen LogP contribution in [-0.4, -0.2) is 41.6 Å². The molecule has 1 aromatic rings. The summed E-state index contributed by atoms with van der Waals surface area (Å²) >= 11 is 0. The number of hydrogen-bond acceptors (Lipinski definition) is 2. The number of carboxylic acid groups (broad SMARTS) is 1. The monoisotopic (exact) mass is 262 g/mol. The van der Waals surface area contributed by atoms with Gasteiger partial charge in [0, 0.05) is 19.6 Å². The van der Waals surface area contributed by atoms with Crippen molar-refractivity contribution in [1.82, 2.24) is 10.2 Å². The van der Waals surface area contributed by atoms with Crippen LogP contribution >= 0.6 is 0 Å². The zero-order valence-electron chi connectivity index (χ0n) is 10.9. The first-order valence-electron chi connectivity index (χ1n) is 6.36. The smallest absolute Gasteiger partial charge is 0.317 e. The number of amides is 2. The average Bonchev–Trinajstić information content (AvgIpc) is 2.77. The molecule has 0 aromatic heterocycles. The molecule has 1 aromatic carbocycles. The molecule has 0 bridgehead atoms. The summed E-state index contributed by atoms with van der Waals surface area (Å²) in [7, 11) is 1.61. The van der Waals surface area contributed by atoms with Gasteiger partial charge in [-0.2, -0.15) is 0 Å². The molecular formula is C14H18N2O3. The second-order valence-electron chi connectivity index (χ2n) is 4.89. The molecule has 1 aliphatic rings. The predicted octanol–water partition coefficient (Wildman–Crippen LogP) is 1.27. The third-order valence-electron chi connectivity index (χ3n) is 3.39. The zero-order chi connectivity index (χ0) is 13.8. The van der Waals surface area contributed by atoms with Crippen LogP contribution in [0, 0.1) is 0 Å². The van der Waals surface area contributed by atoms with Crippen molar-refractivity contribution in [3.05, 3.63) is 35.4 Å². The van der Waals surface area contributed by atoms with E-state index in [0.29, 0.717) is 0 Å². The molecule has 0 fully saturated rings. The molecule has 0 saturated carbocycles. The summed E-state index contributed by atoms with van der Waals surface area (Å²) < 4.78 is 0. The molecule has 1 aliphatic carbocycles. The number of rotatable bonds is 4. The Morgan fingerprint density at radius 1 is 1.32 bits per heavy atom. The number of nitrogens with one attached hydrogen (secondary N) is 1. The van der Waals surface area contributed by atoms with E-state index in [0.717, 1.165) is 12.8 Å². The highest BCUT2D eigenvalue weighted by Crippen LogP contribution is 2.21. The van der Waals surface area contributed by atoms with Crippen LogP contribution in [0.1, 0.15) is 17.5 Å². The summed E-state index contributed by atoms with van der Waals surface area (Å²) in [4.78, 5) is 23.8. The number of carbonyl (C=O) groups is 2. The minimum atomic E-state index is -0.895. The van der Waals surface area contributed by atoms with Crippen LogP contribution in [0.4, 0.5) is 4.79 Å². The van der Waals surface area contributed by atoms with Crippen LogP contribution in [0.3, 0.4) is 0 Å². The molecule has 2 rings (SSSR count). The Balaban J connectivity index is 1.83. The Labute approximate surface area is 112 Å². The molecule has 5 heteroatoms. The average molecular weight is 262 g/mol. The Kier molecular flexibility index (Phi) is 4.04. The largest absolute Gasteiger partial charge is 0.481 e. The maximum Gasteiger partial charge on any atom is 0.317 e. The zero-order valence-corrected chi connectivity index (χ0v) is 10.9. The minimum absolute atomic E-state index is 0.0329. The first-order chi connectivity index (χ1) is 9.06. The fourth-order valence-electron chi connectivity index (χ4n) is 2.31. The highest BCUT2D eigenvalue weighted by Gasteiger charge is 2.23. The van der Waals surface area contributed by atoms with Gasteiger partial charge in [0.15, 0.2) is 0 Å². The van der Waals surface area contributed by atoms with Crippen molar-refractivity contribution in [2.24, 2.45) is 0 Å². The summed E-state index contributed by atoms with van der Waals surface area (Å²) in [5.74, 6) is -0.895. The van der Waals surface area contributed by atoms with Gasteiger partial charge in [-0.15, -0.1) is 0 Å². The molecule has 5 nitrogen and oxygen atoms in total. The van der Waals surface area contributed by atoms with E-state index in [4.69, 9.17) is 5.11 Å². The van der Waals surface area contributed by atoms with E-state index >= 15 is 0 Å². The van der Waals surface area contributed by atoms with E-state index < -0.39 is 5.97 Å². The van der Waals surface area contributed by atoms with Gasteiger partial charge in [-0.3, -0.25) is 4.79 Å². The fraction of sp³-hybridized carbons (Fsp3) is 0.429. The van der Waals surface area contributed by atoms with Gasteiger partial charge in [0.2, 0.25) is 0 Å². The first kappa shape index (κ1) is 13.4. The highest BCUT2D eigenvalue weighted by atomic mass is 16.4. The van der Waals surface area contributed by atoms with Gasteiger partial charge in [0.25, 0.3) is 0 Å². The van der Waals surface area contributed by atoms with Crippen molar-refractivity contribution in [2.75, 3.05) is 13.6 Å². The van der Waals surface area contributed by atoms with Crippen LogP contribution in [0.15, 0.2) is 24.3 Å². The molecule has 102 valence electrons. The van der Waals surface area contributed by atoms with E-state index in [2.05, 4.69) is 17.4 Å². The summed E-state index contributed by atoms with van der Waals surface area (Å²) in [6, 6.07) is 8.06. The molecule has 2 N–H and O–H groups in total. The van der Waals surface area contributed by atoms with Crippen molar-refractivity contribution in [2.45, 2.75) is 25.3 Å². The molecule has 0 spiro atoms. The van der Waals surface area contributed by atoms with Crippen LogP contribution in [0.5, 0.6) is 0 Å². The molecular weight excluding hydrogens is 244 g/mol. The van der Waals surface area contributed by atoms with E-state index in [1.54, 1.807) is 7.05 Å². The number of fused-ring (bicyclic) bond motifs is 1. The fourth-order valence-corrected chi connectivity index (χ4v) is 2.31. The molecule has 0 unspecified atom stereocenters. The topological polar surface area (TPSA) is 69.6 Å². The second kappa shape index (κ2) is 5.73. The van der Waals surface area contributed by atoms with Gasteiger partial charge in [-0.25, -0.2) is 4.79 Å². The SMILES string of the molecule is CN(CCC(=O)O)C(=O)NC1Cc2ccccc2C1. The minimum Gasteiger partial charge on any atom is -0.481 e. The number of urea groups is 1. The summed E-state index contributed by atoms with van der Waals surface area (Å²) in [6.07, 6.45) is 1.65. The van der Waals surface area contributed by atoms with Gasteiger partial charge in [0.05, 0.1) is 6.42 Å². The van der Waals surface area contributed by atoms with E-state index in [1.807, 2.05) is 12.1 Å². The van der Waals surface area contributed by atoms with Crippen molar-refractivity contribution in [3.63, 3.8) is 0 Å². The lowest BCUT2D eigenvalue weighted by Gasteiger charge is -2.20. The third kappa shape index (κ3) is 3.47. The normalized spacial score (nSPS) is 13.9. The van der Waals surface area contributed by atoms with Crippen molar-refractivity contribution in [1.29, 1.82) is 0 Å². The molecule has 0 heterocycles. The van der Waals surface area contributed by atoms with Crippen LogP contribution in [0.25, 0.3) is 0 Å². The molecule has 2 amide bonds. The quantitative estimate of drug-likeness (QED) is 0.858. The van der Waals surface area contributed by atoms with Crippen molar-refractivity contribution >= 4 is 12.0 Å². The maximum absolute atomic E-state index is 11.9. The van der Waals surface area contributed by atoms with Gasteiger partial charge >= 0.3 is 12.0 Å². The molecule has 0 aliphatic heterocycles. The van der Waals surface area contributed by atoms with Gasteiger partial charge in [-0.05, 0) is 24.0 Å². The Hall–Kier alpha value is -2.04. The van der Waals surface area contributed by atoms with Gasteiger partial charge < -0.3 is 15.3 Å². The first-order valence-corrected chi connectivity index (χ1v) is 6.36. The number of nitrogens with zero attached hydrogens (tertiary/aromatic N) is 1. The lowest BCUT2D eigenvalue weighted by Crippen LogP contribution is -2.44.